The van der Waals surface area contributed by atoms with Crippen LogP contribution in [0.5, 0.6) is 5.75 Å². The molecule has 0 radical (unpaired) electrons. The van der Waals surface area contributed by atoms with E-state index in [1.165, 1.54) is 25.7 Å². The number of carbonyl (C=O) groups excluding carboxylic acids is 3. The number of anilines is 1. The Bertz CT molecular complexity index is 1110. The highest BCUT2D eigenvalue weighted by atomic mass is 16.5. The Balaban J connectivity index is 1.37. The van der Waals surface area contributed by atoms with Crippen LogP contribution < -0.4 is 15.2 Å². The predicted octanol–water partition coefficient (Wildman–Crippen LogP) is 5.69. The fourth-order valence-electron chi connectivity index (χ4n) is 6.43. The quantitative estimate of drug-likeness (QED) is 0.253. The molecule has 2 aliphatic carbocycles. The second kappa shape index (κ2) is 15.8. The van der Waals surface area contributed by atoms with Crippen LogP contribution in [0, 0.1) is 5.41 Å². The molecule has 0 atom stereocenters. The monoisotopic (exact) mass is 613 g/mol. The lowest BCUT2D eigenvalue weighted by atomic mass is 9.94. The summed E-state index contributed by atoms with van der Waals surface area (Å²) in [7, 11) is 3.80. The lowest BCUT2D eigenvalue weighted by Crippen LogP contribution is -2.56. The summed E-state index contributed by atoms with van der Waals surface area (Å²) in [5, 5.41) is 1.82. The van der Waals surface area contributed by atoms with Crippen molar-refractivity contribution < 1.29 is 23.9 Å². The average Bonchev–Trinajstić information content (AvgIpc) is 3.01. The van der Waals surface area contributed by atoms with Crippen LogP contribution >= 0.6 is 0 Å². The van der Waals surface area contributed by atoms with E-state index in [1.807, 2.05) is 72.8 Å². The molecule has 10 heteroatoms. The normalized spacial score (nSPS) is 18.3. The van der Waals surface area contributed by atoms with Gasteiger partial charge < -0.3 is 19.3 Å². The van der Waals surface area contributed by atoms with Gasteiger partial charge in [-0.2, -0.15) is 0 Å². The summed E-state index contributed by atoms with van der Waals surface area (Å²) >= 11 is 0. The Morgan fingerprint density at radius 2 is 1.57 bits per heavy atom. The molecule has 3 amide bonds. The molecule has 44 heavy (non-hydrogen) atoms. The number of esters is 1. The van der Waals surface area contributed by atoms with Gasteiger partial charge in [-0.1, -0.05) is 59.3 Å². The van der Waals surface area contributed by atoms with Crippen LogP contribution in [0.25, 0.3) is 0 Å². The van der Waals surface area contributed by atoms with E-state index >= 15 is 0 Å². The van der Waals surface area contributed by atoms with Gasteiger partial charge in [-0.25, -0.2) is 10.2 Å². The average molecular weight is 614 g/mol. The van der Waals surface area contributed by atoms with Gasteiger partial charge in [0.15, 0.2) is 0 Å². The molecule has 2 saturated carbocycles. The number of benzene rings is 1. The smallest absolute Gasteiger partial charge is 0.336 e. The molecule has 0 spiro atoms. The van der Waals surface area contributed by atoms with Crippen molar-refractivity contribution in [3.8, 4) is 5.75 Å². The van der Waals surface area contributed by atoms with Gasteiger partial charge in [0.05, 0.1) is 32.1 Å². The van der Waals surface area contributed by atoms with Crippen molar-refractivity contribution in [1.82, 2.24) is 20.1 Å². The first-order chi connectivity index (χ1) is 21.0. The van der Waals surface area contributed by atoms with Crippen molar-refractivity contribution in [1.29, 1.82) is 0 Å². The Morgan fingerprint density at radius 1 is 0.932 bits per heavy atom. The van der Waals surface area contributed by atoms with Gasteiger partial charge >= 0.3 is 12.0 Å². The molecule has 0 saturated heterocycles. The molecule has 10 nitrogen and oxygen atoms in total. The minimum Gasteiger partial charge on any atom is -0.494 e. The van der Waals surface area contributed by atoms with Crippen LogP contribution in [0.4, 0.5) is 10.5 Å². The molecule has 1 heterocycles. The summed E-state index contributed by atoms with van der Waals surface area (Å²) < 4.78 is 11.6. The van der Waals surface area contributed by atoms with Crippen LogP contribution in [-0.4, -0.2) is 85.2 Å². The zero-order valence-corrected chi connectivity index (χ0v) is 27.7. The molecular formula is C34H55N5O5. The van der Waals surface area contributed by atoms with Gasteiger partial charge in [0.25, 0.3) is 0 Å². The molecule has 4 rings (SSSR count). The van der Waals surface area contributed by atoms with Crippen LogP contribution in [0.1, 0.15) is 103 Å². The van der Waals surface area contributed by atoms with E-state index in [0.717, 1.165) is 49.8 Å². The Kier molecular flexibility index (Phi) is 12.2. The minimum atomic E-state index is -0.288. The van der Waals surface area contributed by atoms with Gasteiger partial charge in [0.1, 0.15) is 5.75 Å². The summed E-state index contributed by atoms with van der Waals surface area (Å²) in [5.74, 6) is 0.605. The molecule has 3 aliphatic rings. The topological polar surface area (TPSA) is 94.7 Å². The van der Waals surface area contributed by atoms with Crippen molar-refractivity contribution in [2.75, 3.05) is 45.5 Å². The number of ether oxygens (including phenoxy) is 2. The third-order valence-corrected chi connectivity index (χ3v) is 9.09. The fraction of sp³-hybridized carbons (Fsp3) is 0.735. The number of nitrogens with zero attached hydrogens (tertiary/aromatic N) is 4. The third kappa shape index (κ3) is 10.0. The first kappa shape index (κ1) is 33.9. The maximum Gasteiger partial charge on any atom is 0.336 e. The zero-order chi connectivity index (χ0) is 31.7. The lowest BCUT2D eigenvalue weighted by Gasteiger charge is -2.40. The molecule has 1 aromatic rings. The van der Waals surface area contributed by atoms with Crippen LogP contribution in [-0.2, 0) is 20.9 Å². The second-order valence-corrected chi connectivity index (χ2v) is 14.1. The molecule has 2 fully saturated rings. The summed E-state index contributed by atoms with van der Waals surface area (Å²) in [6, 6.07) is 6.30. The molecular weight excluding hydrogens is 558 g/mol. The summed E-state index contributed by atoms with van der Waals surface area (Å²) in [4.78, 5) is 44.5. The first-order valence-electron chi connectivity index (χ1n) is 16.7. The lowest BCUT2D eigenvalue weighted by molar-refractivity contribution is -0.148. The van der Waals surface area contributed by atoms with Gasteiger partial charge in [-0.3, -0.25) is 19.5 Å². The number of amides is 3. The minimum absolute atomic E-state index is 0.113. The van der Waals surface area contributed by atoms with Gasteiger partial charge in [0.2, 0.25) is 5.91 Å². The van der Waals surface area contributed by atoms with E-state index in [0.29, 0.717) is 51.1 Å². The number of hydrogen-bond donors (Lipinski definition) is 1. The van der Waals surface area contributed by atoms with Crippen molar-refractivity contribution in [3.05, 3.63) is 23.8 Å². The number of hydrogen-bond acceptors (Lipinski definition) is 7. The number of fused-ring (bicyclic) bond motifs is 1. The van der Waals surface area contributed by atoms with Crippen molar-refractivity contribution in [2.24, 2.45) is 5.41 Å². The molecule has 0 bridgehead atoms. The highest BCUT2D eigenvalue weighted by molar-refractivity contribution is 5.77. The van der Waals surface area contributed by atoms with E-state index in [9.17, 15) is 14.4 Å². The van der Waals surface area contributed by atoms with E-state index in [2.05, 4.69) is 5.43 Å². The summed E-state index contributed by atoms with van der Waals surface area (Å²) in [5.41, 5.74) is 4.81. The van der Waals surface area contributed by atoms with Gasteiger partial charge in [0, 0.05) is 39.1 Å². The standard InChI is InChI=1S/C34H55N5O5/c1-34(2,3)24-44-32(41)23-38-22-26-21-29(43-20-12-17-31(40)36(4)27-13-8-6-9-14-27)18-19-30(26)39(25-38)35-33(42)37(5)28-15-10-7-11-16-28/h18-19,21,27-28H,6-17,20,22-25H2,1-5H3,(H,35,42). The maximum atomic E-state index is 13.3. The Morgan fingerprint density at radius 3 is 2.20 bits per heavy atom. The maximum absolute atomic E-state index is 13.3. The van der Waals surface area contributed by atoms with Crippen molar-refractivity contribution in [2.45, 2.75) is 116 Å². The van der Waals surface area contributed by atoms with Gasteiger partial charge in [-0.05, 0) is 61.3 Å². The third-order valence-electron chi connectivity index (χ3n) is 9.09. The summed E-state index contributed by atoms with van der Waals surface area (Å²) in [6.45, 7) is 7.88. The Hall–Kier alpha value is -3.01. The van der Waals surface area contributed by atoms with E-state index in [-0.39, 0.29) is 35.9 Å². The highest BCUT2D eigenvalue weighted by Crippen LogP contribution is 2.31. The number of urea groups is 1. The number of carbonyl (C=O) groups is 3. The Labute approximate surface area is 264 Å². The number of hydrazine groups is 1. The molecule has 0 aromatic heterocycles. The molecule has 1 aliphatic heterocycles. The number of nitrogens with one attached hydrogen (secondary N) is 1. The largest absolute Gasteiger partial charge is 0.494 e. The van der Waals surface area contributed by atoms with E-state index < -0.39 is 0 Å². The predicted molar refractivity (Wildman–Crippen MR) is 172 cm³/mol. The molecule has 1 aromatic carbocycles. The van der Waals surface area contributed by atoms with Crippen LogP contribution in [0.15, 0.2) is 18.2 Å². The van der Waals surface area contributed by atoms with E-state index in [4.69, 9.17) is 9.47 Å². The highest BCUT2D eigenvalue weighted by Gasteiger charge is 2.29. The zero-order valence-electron chi connectivity index (χ0n) is 27.7. The molecule has 0 unspecified atom stereocenters. The van der Waals surface area contributed by atoms with Crippen LogP contribution in [0.3, 0.4) is 0 Å². The second-order valence-electron chi connectivity index (χ2n) is 14.1. The summed E-state index contributed by atoms with van der Waals surface area (Å²) in [6.07, 6.45) is 12.6. The molecule has 246 valence electrons. The van der Waals surface area contributed by atoms with Gasteiger partial charge in [-0.15, -0.1) is 0 Å². The SMILES string of the molecule is CN(C(=O)CCCOc1ccc2c(c1)CN(CC(=O)OCC(C)(C)C)CN2NC(=O)N(C)C1CCCCC1)C1CCCCC1. The van der Waals surface area contributed by atoms with E-state index in [1.54, 1.807) is 0 Å². The number of rotatable bonds is 11. The van der Waals surface area contributed by atoms with Crippen molar-refractivity contribution in [3.63, 3.8) is 0 Å². The van der Waals surface area contributed by atoms with Crippen LogP contribution in [0.2, 0.25) is 0 Å². The molecule has 1 N–H and O–H groups in total. The first-order valence-corrected chi connectivity index (χ1v) is 16.7. The van der Waals surface area contributed by atoms with Crippen molar-refractivity contribution >= 4 is 23.6 Å². The fourth-order valence-corrected chi connectivity index (χ4v) is 6.43.